The van der Waals surface area contributed by atoms with E-state index in [0.29, 0.717) is 17.4 Å². The number of nitrogens with two attached hydrogens (primary N) is 1. The van der Waals surface area contributed by atoms with Gasteiger partial charge in [0.05, 0.1) is 0 Å². The quantitative estimate of drug-likeness (QED) is 0.314. The third-order valence-corrected chi connectivity index (χ3v) is 4.51. The van der Waals surface area contributed by atoms with Gasteiger partial charge in [-0.1, -0.05) is 79.6 Å². The van der Waals surface area contributed by atoms with E-state index in [-0.39, 0.29) is 0 Å². The lowest BCUT2D eigenvalue weighted by molar-refractivity contribution is 0.218. The van der Waals surface area contributed by atoms with Crippen LogP contribution >= 0.6 is 0 Å². The molecule has 3 N–H and O–H groups in total. The molecule has 0 rings (SSSR count). The van der Waals surface area contributed by atoms with Gasteiger partial charge in [-0.05, 0) is 24.2 Å². The van der Waals surface area contributed by atoms with E-state index in [0.717, 1.165) is 0 Å². The van der Waals surface area contributed by atoms with Gasteiger partial charge in [0.1, 0.15) is 0 Å². The molecule has 0 aromatic heterocycles. The Labute approximate surface area is 121 Å². The maximum atomic E-state index is 5.69. The first-order valence-electron chi connectivity index (χ1n) is 8.38. The van der Waals surface area contributed by atoms with Gasteiger partial charge in [-0.25, -0.2) is 0 Å². The number of hydrazine groups is 1. The lowest BCUT2D eigenvalue weighted by atomic mass is 9.78. The summed E-state index contributed by atoms with van der Waals surface area (Å²) in [4.78, 5) is 0. The van der Waals surface area contributed by atoms with Gasteiger partial charge in [-0.2, -0.15) is 0 Å². The summed E-state index contributed by atoms with van der Waals surface area (Å²) in [6.45, 7) is 11.6. The van der Waals surface area contributed by atoms with Crippen molar-refractivity contribution in [1.82, 2.24) is 5.43 Å². The van der Waals surface area contributed by atoms with E-state index in [2.05, 4.69) is 40.0 Å². The third-order valence-electron chi connectivity index (χ3n) is 4.51. The molecule has 0 aromatic rings. The third kappa shape index (κ3) is 10.4. The van der Waals surface area contributed by atoms with Crippen LogP contribution in [0.25, 0.3) is 0 Å². The number of nitrogens with one attached hydrogen (secondary N) is 1. The molecule has 0 saturated carbocycles. The minimum atomic E-state index is 0.384. The Morgan fingerprint density at radius 1 is 0.947 bits per heavy atom. The molecule has 0 heterocycles. The van der Waals surface area contributed by atoms with Crippen LogP contribution in [0.1, 0.15) is 92.4 Å². The highest BCUT2D eigenvalue weighted by Crippen LogP contribution is 2.29. The van der Waals surface area contributed by atoms with E-state index in [9.17, 15) is 0 Å². The van der Waals surface area contributed by atoms with Gasteiger partial charge >= 0.3 is 0 Å². The smallest absolute Gasteiger partial charge is 0.0213 e. The Bertz CT molecular complexity index is 196. The minimum absolute atomic E-state index is 0.384. The summed E-state index contributed by atoms with van der Waals surface area (Å²) >= 11 is 0. The molecule has 19 heavy (non-hydrogen) atoms. The largest absolute Gasteiger partial charge is 0.271 e. The van der Waals surface area contributed by atoms with E-state index in [4.69, 9.17) is 5.84 Å². The first kappa shape index (κ1) is 18.9. The van der Waals surface area contributed by atoms with Gasteiger partial charge in [-0.3, -0.25) is 11.3 Å². The maximum absolute atomic E-state index is 5.69. The molecule has 2 atom stereocenters. The van der Waals surface area contributed by atoms with Crippen molar-refractivity contribution in [3.63, 3.8) is 0 Å². The van der Waals surface area contributed by atoms with Crippen molar-refractivity contribution >= 4 is 0 Å². The van der Waals surface area contributed by atoms with Gasteiger partial charge in [0.25, 0.3) is 0 Å². The van der Waals surface area contributed by atoms with Crippen molar-refractivity contribution in [1.29, 1.82) is 0 Å². The summed E-state index contributed by atoms with van der Waals surface area (Å²) in [6.07, 6.45) is 12.1. The Balaban J connectivity index is 3.65. The molecular formula is C17H38N2. The standard InChI is InChI=1S/C17H38N2/c1-6-7-8-9-10-11-12-13-16(19-18)14-15(2)17(3,4)5/h15-16,19H,6-14,18H2,1-5H3. The summed E-state index contributed by atoms with van der Waals surface area (Å²) in [5.74, 6) is 6.40. The zero-order chi connectivity index (χ0) is 14.7. The van der Waals surface area contributed by atoms with Crippen molar-refractivity contribution in [3.8, 4) is 0 Å². The molecule has 0 aliphatic carbocycles. The Hall–Kier alpha value is -0.0800. The van der Waals surface area contributed by atoms with Crippen LogP contribution in [0.2, 0.25) is 0 Å². The maximum Gasteiger partial charge on any atom is 0.0213 e. The molecule has 0 spiro atoms. The van der Waals surface area contributed by atoms with Gasteiger partial charge in [-0.15, -0.1) is 0 Å². The highest BCUT2D eigenvalue weighted by atomic mass is 15.2. The molecular weight excluding hydrogens is 232 g/mol. The van der Waals surface area contributed by atoms with Crippen LogP contribution in [-0.4, -0.2) is 6.04 Å². The van der Waals surface area contributed by atoms with Crippen molar-refractivity contribution in [2.45, 2.75) is 98.4 Å². The van der Waals surface area contributed by atoms with Gasteiger partial charge in [0, 0.05) is 6.04 Å². The molecule has 0 amide bonds. The Morgan fingerprint density at radius 2 is 1.47 bits per heavy atom. The minimum Gasteiger partial charge on any atom is -0.271 e. The second-order valence-electron chi connectivity index (χ2n) is 7.28. The molecule has 2 nitrogen and oxygen atoms in total. The van der Waals surface area contributed by atoms with Crippen LogP contribution in [0.5, 0.6) is 0 Å². The molecule has 2 unspecified atom stereocenters. The van der Waals surface area contributed by atoms with E-state index >= 15 is 0 Å². The van der Waals surface area contributed by atoms with E-state index in [1.807, 2.05) is 0 Å². The summed E-state index contributed by atoms with van der Waals surface area (Å²) in [7, 11) is 0. The van der Waals surface area contributed by atoms with Crippen molar-refractivity contribution < 1.29 is 0 Å². The van der Waals surface area contributed by atoms with Crippen LogP contribution in [0.4, 0.5) is 0 Å². The fraction of sp³-hybridized carbons (Fsp3) is 1.00. The number of hydrogen-bond acceptors (Lipinski definition) is 2. The number of rotatable bonds is 11. The SMILES string of the molecule is CCCCCCCCCC(CC(C)C(C)(C)C)NN. The molecule has 0 aromatic carbocycles. The normalized spacial score (nSPS) is 15.5. The Morgan fingerprint density at radius 3 is 1.95 bits per heavy atom. The van der Waals surface area contributed by atoms with Crippen molar-refractivity contribution in [3.05, 3.63) is 0 Å². The summed E-state index contributed by atoms with van der Waals surface area (Å²) < 4.78 is 0. The van der Waals surface area contributed by atoms with Crippen LogP contribution in [0, 0.1) is 11.3 Å². The average Bonchev–Trinajstić information content (AvgIpc) is 2.34. The van der Waals surface area contributed by atoms with Crippen LogP contribution in [0.3, 0.4) is 0 Å². The second-order valence-corrected chi connectivity index (χ2v) is 7.28. The fourth-order valence-electron chi connectivity index (χ4n) is 2.40. The Kier molecular flexibility index (Phi) is 10.6. The lowest BCUT2D eigenvalue weighted by Crippen LogP contribution is -2.38. The predicted octanol–water partition coefficient (Wildman–Crippen LogP) is 5.03. The number of hydrogen-bond donors (Lipinski definition) is 2. The molecule has 0 fully saturated rings. The molecule has 0 bridgehead atoms. The fourth-order valence-corrected chi connectivity index (χ4v) is 2.40. The topological polar surface area (TPSA) is 38.0 Å². The van der Waals surface area contributed by atoms with E-state index in [1.165, 1.54) is 57.8 Å². The molecule has 0 radical (unpaired) electrons. The van der Waals surface area contributed by atoms with Gasteiger partial charge in [0.2, 0.25) is 0 Å². The zero-order valence-corrected chi connectivity index (χ0v) is 14.1. The van der Waals surface area contributed by atoms with Gasteiger partial charge in [0.15, 0.2) is 0 Å². The molecule has 2 heteroatoms. The summed E-state index contributed by atoms with van der Waals surface area (Å²) in [6, 6.07) is 0.491. The number of unbranched alkanes of at least 4 members (excludes halogenated alkanes) is 6. The van der Waals surface area contributed by atoms with Crippen LogP contribution in [0.15, 0.2) is 0 Å². The molecule has 0 saturated heterocycles. The first-order chi connectivity index (χ1) is 8.91. The van der Waals surface area contributed by atoms with Gasteiger partial charge < -0.3 is 0 Å². The zero-order valence-electron chi connectivity index (χ0n) is 14.1. The first-order valence-corrected chi connectivity index (χ1v) is 8.38. The molecule has 116 valence electrons. The van der Waals surface area contributed by atoms with E-state index < -0.39 is 0 Å². The van der Waals surface area contributed by atoms with Crippen molar-refractivity contribution in [2.75, 3.05) is 0 Å². The summed E-state index contributed by atoms with van der Waals surface area (Å²) in [5.41, 5.74) is 3.40. The second kappa shape index (κ2) is 10.7. The monoisotopic (exact) mass is 270 g/mol. The lowest BCUT2D eigenvalue weighted by Gasteiger charge is -2.30. The highest BCUT2D eigenvalue weighted by molar-refractivity contribution is 4.76. The molecule has 0 aliphatic heterocycles. The summed E-state index contributed by atoms with van der Waals surface area (Å²) in [5, 5.41) is 0. The predicted molar refractivity (Wildman–Crippen MR) is 87.0 cm³/mol. The highest BCUT2D eigenvalue weighted by Gasteiger charge is 2.22. The van der Waals surface area contributed by atoms with E-state index in [1.54, 1.807) is 0 Å². The van der Waals surface area contributed by atoms with Crippen LogP contribution in [-0.2, 0) is 0 Å². The molecule has 0 aliphatic rings. The average molecular weight is 271 g/mol. The van der Waals surface area contributed by atoms with Crippen LogP contribution < -0.4 is 11.3 Å². The van der Waals surface area contributed by atoms with Crippen molar-refractivity contribution in [2.24, 2.45) is 17.2 Å².